The molecule has 8 heteroatoms. The summed E-state index contributed by atoms with van der Waals surface area (Å²) in [7, 11) is 0. The molecular formula is C27H42N2O6. The molecule has 35 heavy (non-hydrogen) atoms. The first kappa shape index (κ1) is 27.4. The fraction of sp³-hybridized carbons (Fsp3) is 0.741. The lowest BCUT2D eigenvalue weighted by Gasteiger charge is -2.42. The number of esters is 1. The summed E-state index contributed by atoms with van der Waals surface area (Å²) >= 11 is 0. The summed E-state index contributed by atoms with van der Waals surface area (Å²) in [5, 5.41) is 10.4. The molecule has 0 aromatic rings. The number of amides is 2. The maximum atomic E-state index is 14.3. The van der Waals surface area contributed by atoms with Gasteiger partial charge in [-0.05, 0) is 32.1 Å². The highest BCUT2D eigenvalue weighted by atomic mass is 16.6. The Labute approximate surface area is 209 Å². The average molecular weight is 491 g/mol. The zero-order valence-electron chi connectivity index (χ0n) is 21.7. The van der Waals surface area contributed by atoms with Crippen LogP contribution >= 0.6 is 0 Å². The Bertz CT molecular complexity index is 830. The largest absolute Gasteiger partial charge is 0.461 e. The lowest BCUT2D eigenvalue weighted by molar-refractivity contribution is -0.157. The maximum Gasteiger partial charge on any atom is 0.312 e. The first-order valence-corrected chi connectivity index (χ1v) is 13.0. The molecular weight excluding hydrogens is 448 g/mol. The number of ether oxygens (including phenoxy) is 2. The molecule has 196 valence electrons. The molecule has 3 heterocycles. The summed E-state index contributed by atoms with van der Waals surface area (Å²) < 4.78 is 11.8. The van der Waals surface area contributed by atoms with Gasteiger partial charge >= 0.3 is 5.97 Å². The van der Waals surface area contributed by atoms with Gasteiger partial charge < -0.3 is 24.4 Å². The zero-order valence-corrected chi connectivity index (χ0v) is 21.7. The van der Waals surface area contributed by atoms with Crippen molar-refractivity contribution in [2.24, 2.45) is 17.8 Å². The molecule has 1 N–H and O–H groups in total. The predicted molar refractivity (Wildman–Crippen MR) is 132 cm³/mol. The minimum atomic E-state index is -1.11. The summed E-state index contributed by atoms with van der Waals surface area (Å²) in [6, 6.07) is -1.52. The van der Waals surface area contributed by atoms with Gasteiger partial charge in [-0.2, -0.15) is 0 Å². The highest BCUT2D eigenvalue weighted by molar-refractivity contribution is 5.98. The van der Waals surface area contributed by atoms with Gasteiger partial charge in [-0.1, -0.05) is 52.3 Å². The molecule has 2 bridgehead atoms. The summed E-state index contributed by atoms with van der Waals surface area (Å²) in [6.07, 6.45) is 6.26. The van der Waals surface area contributed by atoms with Gasteiger partial charge in [0.05, 0.1) is 30.6 Å². The Kier molecular flexibility index (Phi) is 8.81. The van der Waals surface area contributed by atoms with Gasteiger partial charge in [0, 0.05) is 12.6 Å². The molecule has 8 atom stereocenters. The standard InChI is InChI=1S/C27H42N2O6/c1-7-11-18(6)28(14-8-2)25(32)23-27-13-12-20(35-27)21(26(33)34-15-9-3)22(27)24(31)29(23)19(16-30)17(5)10-4/h8-9,17-23,30H,2-3,7,10-16H2,1,4-6H3/t17-,18?,19-,20-,21+,22-,23?,27?/m0/s1. The lowest BCUT2D eigenvalue weighted by atomic mass is 9.70. The lowest BCUT2D eigenvalue weighted by Crippen LogP contribution is -2.60. The quantitative estimate of drug-likeness (QED) is 0.315. The van der Waals surface area contributed by atoms with E-state index >= 15 is 0 Å². The second-order valence-electron chi connectivity index (χ2n) is 10.3. The van der Waals surface area contributed by atoms with E-state index in [4.69, 9.17) is 9.47 Å². The van der Waals surface area contributed by atoms with Crippen molar-refractivity contribution in [2.45, 2.75) is 89.6 Å². The first-order valence-electron chi connectivity index (χ1n) is 13.0. The molecule has 2 amide bonds. The van der Waals surface area contributed by atoms with E-state index in [1.54, 1.807) is 15.9 Å². The molecule has 3 fully saturated rings. The number of hydrogen-bond acceptors (Lipinski definition) is 6. The molecule has 0 saturated carbocycles. The van der Waals surface area contributed by atoms with Crippen LogP contribution in [0.25, 0.3) is 0 Å². The van der Waals surface area contributed by atoms with E-state index in [-0.39, 0.29) is 37.0 Å². The van der Waals surface area contributed by atoms with Gasteiger partial charge in [-0.25, -0.2) is 0 Å². The van der Waals surface area contributed by atoms with Crippen LogP contribution in [0.3, 0.4) is 0 Å². The van der Waals surface area contributed by atoms with E-state index in [1.165, 1.54) is 6.08 Å². The third kappa shape index (κ3) is 4.55. The number of carbonyl (C=O) groups is 3. The van der Waals surface area contributed by atoms with Crippen molar-refractivity contribution >= 4 is 17.8 Å². The highest BCUT2D eigenvalue weighted by Crippen LogP contribution is 2.59. The van der Waals surface area contributed by atoms with E-state index in [9.17, 15) is 19.5 Å². The Morgan fingerprint density at radius 1 is 1.31 bits per heavy atom. The Hall–Kier alpha value is -2.19. The van der Waals surface area contributed by atoms with Crippen molar-refractivity contribution in [1.29, 1.82) is 0 Å². The zero-order chi connectivity index (χ0) is 25.9. The summed E-state index contributed by atoms with van der Waals surface area (Å²) in [5.74, 6) is -2.62. The third-order valence-corrected chi connectivity index (χ3v) is 8.28. The van der Waals surface area contributed by atoms with Gasteiger partial charge in [0.25, 0.3) is 0 Å². The third-order valence-electron chi connectivity index (χ3n) is 8.28. The molecule has 0 aromatic heterocycles. The molecule has 3 aliphatic heterocycles. The topological polar surface area (TPSA) is 96.4 Å². The normalized spacial score (nSPS) is 31.6. The number of rotatable bonds is 13. The number of aliphatic hydroxyl groups is 1. The average Bonchev–Trinajstić information content (AvgIpc) is 3.48. The van der Waals surface area contributed by atoms with Gasteiger partial charge in [-0.3, -0.25) is 14.4 Å². The minimum Gasteiger partial charge on any atom is -0.461 e. The molecule has 3 aliphatic rings. The number of likely N-dealkylation sites (tertiary alicyclic amines) is 1. The van der Waals surface area contributed by atoms with Crippen molar-refractivity contribution < 1.29 is 29.0 Å². The SMILES string of the molecule is C=CCOC(=O)[C@@H]1[C@@H]2CCC3(O2)C(C(=O)N(CC=C)C(C)CCC)N([C@@H](CO)[C@@H](C)CC)C(=O)[C@H]13. The first-order chi connectivity index (χ1) is 16.7. The van der Waals surface area contributed by atoms with Crippen LogP contribution in [-0.4, -0.2) is 82.3 Å². The van der Waals surface area contributed by atoms with Crippen LogP contribution in [0.2, 0.25) is 0 Å². The van der Waals surface area contributed by atoms with Gasteiger partial charge in [-0.15, -0.1) is 6.58 Å². The fourth-order valence-corrected chi connectivity index (χ4v) is 6.40. The van der Waals surface area contributed by atoms with Gasteiger partial charge in [0.2, 0.25) is 11.8 Å². The van der Waals surface area contributed by atoms with Crippen LogP contribution < -0.4 is 0 Å². The van der Waals surface area contributed by atoms with Crippen molar-refractivity contribution in [3.05, 3.63) is 25.3 Å². The summed E-state index contributed by atoms with van der Waals surface area (Å²) in [5.41, 5.74) is -1.11. The molecule has 3 saturated heterocycles. The van der Waals surface area contributed by atoms with E-state index in [1.807, 2.05) is 20.8 Å². The molecule has 1 spiro atoms. The molecule has 0 radical (unpaired) electrons. The van der Waals surface area contributed by atoms with Crippen molar-refractivity contribution in [2.75, 3.05) is 19.8 Å². The fourth-order valence-electron chi connectivity index (χ4n) is 6.40. The number of carbonyl (C=O) groups excluding carboxylic acids is 3. The monoisotopic (exact) mass is 490 g/mol. The number of nitrogens with zero attached hydrogens (tertiary/aromatic N) is 2. The Morgan fingerprint density at radius 3 is 2.60 bits per heavy atom. The Morgan fingerprint density at radius 2 is 2.03 bits per heavy atom. The summed E-state index contributed by atoms with van der Waals surface area (Å²) in [6.45, 7) is 15.6. The van der Waals surface area contributed by atoms with E-state index < -0.39 is 41.6 Å². The van der Waals surface area contributed by atoms with Crippen LogP contribution in [0.4, 0.5) is 0 Å². The maximum absolute atomic E-state index is 14.3. The molecule has 3 rings (SSSR count). The van der Waals surface area contributed by atoms with Crippen molar-refractivity contribution in [1.82, 2.24) is 9.80 Å². The van der Waals surface area contributed by atoms with E-state index in [0.717, 1.165) is 19.3 Å². The van der Waals surface area contributed by atoms with E-state index in [2.05, 4.69) is 20.1 Å². The van der Waals surface area contributed by atoms with Crippen molar-refractivity contribution in [3.8, 4) is 0 Å². The van der Waals surface area contributed by atoms with Crippen LogP contribution in [0, 0.1) is 17.8 Å². The van der Waals surface area contributed by atoms with Crippen LogP contribution in [0.15, 0.2) is 25.3 Å². The minimum absolute atomic E-state index is 0.0428. The smallest absolute Gasteiger partial charge is 0.312 e. The van der Waals surface area contributed by atoms with Gasteiger partial charge in [0.15, 0.2) is 0 Å². The van der Waals surface area contributed by atoms with Gasteiger partial charge in [0.1, 0.15) is 18.2 Å². The highest BCUT2D eigenvalue weighted by Gasteiger charge is 2.75. The molecule has 8 nitrogen and oxygen atoms in total. The molecule has 3 unspecified atom stereocenters. The van der Waals surface area contributed by atoms with Crippen molar-refractivity contribution in [3.63, 3.8) is 0 Å². The second-order valence-corrected chi connectivity index (χ2v) is 10.3. The molecule has 0 aliphatic carbocycles. The number of fused-ring (bicyclic) bond motifs is 1. The molecule has 0 aromatic carbocycles. The second kappa shape index (κ2) is 11.2. The van der Waals surface area contributed by atoms with Crippen LogP contribution in [-0.2, 0) is 23.9 Å². The van der Waals surface area contributed by atoms with Crippen LogP contribution in [0.5, 0.6) is 0 Å². The number of hydrogen-bond donors (Lipinski definition) is 1. The van der Waals surface area contributed by atoms with Crippen LogP contribution in [0.1, 0.15) is 59.8 Å². The Balaban J connectivity index is 2.10. The number of aliphatic hydroxyl groups excluding tert-OH is 1. The van der Waals surface area contributed by atoms with E-state index in [0.29, 0.717) is 19.4 Å². The predicted octanol–water partition coefficient (Wildman–Crippen LogP) is 2.70. The summed E-state index contributed by atoms with van der Waals surface area (Å²) in [4.78, 5) is 44.8.